The number of methoxy groups -OCH3 is 1. The fourth-order valence-electron chi connectivity index (χ4n) is 5.47. The molecule has 198 valence electrons. The summed E-state index contributed by atoms with van der Waals surface area (Å²) in [4.78, 5) is 11.7. The molecule has 2 aliphatic rings. The summed E-state index contributed by atoms with van der Waals surface area (Å²) in [6.45, 7) is 6.01. The van der Waals surface area contributed by atoms with Crippen LogP contribution in [0.3, 0.4) is 0 Å². The number of aryl methyl sites for hydroxylation is 2. The lowest BCUT2D eigenvalue weighted by Gasteiger charge is -2.20. The van der Waals surface area contributed by atoms with Gasteiger partial charge in [-0.15, -0.1) is 0 Å². The van der Waals surface area contributed by atoms with Crippen LogP contribution in [0.1, 0.15) is 53.9 Å². The smallest absolute Gasteiger partial charge is 0.306 e. The van der Waals surface area contributed by atoms with Crippen molar-refractivity contribution >= 4 is 5.97 Å². The van der Waals surface area contributed by atoms with E-state index < -0.39 is 0 Å². The van der Waals surface area contributed by atoms with Crippen molar-refractivity contribution in [3.63, 3.8) is 0 Å². The zero-order chi connectivity index (χ0) is 26.5. The second-order valence-electron chi connectivity index (χ2n) is 10.4. The van der Waals surface area contributed by atoms with Crippen LogP contribution in [0.4, 0.5) is 0 Å². The minimum Gasteiger partial charge on any atom is -0.493 e. The predicted molar refractivity (Wildman–Crippen MR) is 149 cm³/mol. The molecule has 5 heteroatoms. The molecule has 0 bridgehead atoms. The molecule has 0 radical (unpaired) electrons. The molecule has 38 heavy (non-hydrogen) atoms. The SMILES string of the molecule is COC(=O)CC1COc2cc(OCc3cccc(-c4c(C)cc(OCC5CC=CCC5)cc4C)c3)ccc21. The topological polar surface area (TPSA) is 54.0 Å². The minimum absolute atomic E-state index is 0.0239. The van der Waals surface area contributed by atoms with E-state index in [1.54, 1.807) is 0 Å². The number of carbonyl (C=O) groups is 1. The Morgan fingerprint density at radius 3 is 2.58 bits per heavy atom. The molecule has 0 spiro atoms. The fourth-order valence-corrected chi connectivity index (χ4v) is 5.47. The van der Waals surface area contributed by atoms with Crippen LogP contribution in [0.25, 0.3) is 11.1 Å². The fraction of sp³-hybridized carbons (Fsp3) is 0.364. The van der Waals surface area contributed by atoms with Gasteiger partial charge < -0.3 is 18.9 Å². The van der Waals surface area contributed by atoms with E-state index in [1.165, 1.54) is 35.8 Å². The molecule has 0 aromatic heterocycles. The Morgan fingerprint density at radius 1 is 0.974 bits per heavy atom. The number of fused-ring (bicyclic) bond motifs is 1. The molecule has 1 heterocycles. The Labute approximate surface area is 225 Å². The van der Waals surface area contributed by atoms with Gasteiger partial charge in [0.15, 0.2) is 0 Å². The number of ether oxygens (including phenoxy) is 4. The number of allylic oxidation sites excluding steroid dienone is 2. The number of hydrogen-bond donors (Lipinski definition) is 0. The van der Waals surface area contributed by atoms with Gasteiger partial charge in [0.05, 0.1) is 26.7 Å². The lowest BCUT2D eigenvalue weighted by atomic mass is 9.94. The van der Waals surface area contributed by atoms with E-state index in [1.807, 2.05) is 18.2 Å². The quantitative estimate of drug-likeness (QED) is 0.222. The van der Waals surface area contributed by atoms with Crippen molar-refractivity contribution in [2.75, 3.05) is 20.3 Å². The molecule has 5 rings (SSSR count). The maximum absolute atomic E-state index is 11.7. The van der Waals surface area contributed by atoms with E-state index in [9.17, 15) is 4.79 Å². The lowest BCUT2D eigenvalue weighted by Crippen LogP contribution is -2.13. The van der Waals surface area contributed by atoms with Crippen LogP contribution in [0, 0.1) is 19.8 Å². The maximum Gasteiger partial charge on any atom is 0.306 e. The molecule has 2 unspecified atom stereocenters. The number of rotatable bonds is 9. The van der Waals surface area contributed by atoms with Crippen molar-refractivity contribution in [3.8, 4) is 28.4 Å². The van der Waals surface area contributed by atoms with Crippen LogP contribution >= 0.6 is 0 Å². The molecular weight excluding hydrogens is 476 g/mol. The van der Waals surface area contributed by atoms with Gasteiger partial charge in [-0.3, -0.25) is 4.79 Å². The third kappa shape index (κ3) is 6.04. The van der Waals surface area contributed by atoms with Gasteiger partial charge in [0.1, 0.15) is 23.9 Å². The van der Waals surface area contributed by atoms with Crippen LogP contribution in [-0.2, 0) is 16.1 Å². The third-order valence-corrected chi connectivity index (χ3v) is 7.50. The second-order valence-corrected chi connectivity index (χ2v) is 10.4. The summed E-state index contributed by atoms with van der Waals surface area (Å²) in [5, 5.41) is 0. The van der Waals surface area contributed by atoms with Gasteiger partial charge in [-0.25, -0.2) is 0 Å². The van der Waals surface area contributed by atoms with Crippen LogP contribution in [0.15, 0.2) is 66.7 Å². The molecule has 5 nitrogen and oxygen atoms in total. The minimum atomic E-state index is -0.226. The summed E-state index contributed by atoms with van der Waals surface area (Å²) in [6.07, 6.45) is 8.33. The number of carbonyl (C=O) groups excluding carboxylic acids is 1. The lowest BCUT2D eigenvalue weighted by molar-refractivity contribution is -0.141. The van der Waals surface area contributed by atoms with Crippen molar-refractivity contribution in [1.29, 1.82) is 0 Å². The van der Waals surface area contributed by atoms with Gasteiger partial charge >= 0.3 is 5.97 Å². The first-order chi connectivity index (χ1) is 18.5. The van der Waals surface area contributed by atoms with Crippen LogP contribution in [0.2, 0.25) is 0 Å². The molecule has 1 aliphatic carbocycles. The van der Waals surface area contributed by atoms with Gasteiger partial charge in [0.2, 0.25) is 0 Å². The van der Waals surface area contributed by atoms with Crippen molar-refractivity contribution in [3.05, 3.63) is 89.0 Å². The highest BCUT2D eigenvalue weighted by atomic mass is 16.5. The van der Waals surface area contributed by atoms with Crippen molar-refractivity contribution < 1.29 is 23.7 Å². The summed E-state index contributed by atoms with van der Waals surface area (Å²) in [6, 6.07) is 18.7. The Kier molecular flexibility index (Phi) is 8.02. The van der Waals surface area contributed by atoms with Crippen molar-refractivity contribution in [2.45, 2.75) is 52.1 Å². The van der Waals surface area contributed by atoms with Crippen LogP contribution < -0.4 is 14.2 Å². The second kappa shape index (κ2) is 11.8. The van der Waals surface area contributed by atoms with Gasteiger partial charge in [-0.1, -0.05) is 36.4 Å². The number of benzene rings is 3. The molecule has 0 fully saturated rings. The van der Waals surface area contributed by atoms with Gasteiger partial charge in [0, 0.05) is 17.5 Å². The summed E-state index contributed by atoms with van der Waals surface area (Å²) < 4.78 is 22.9. The monoisotopic (exact) mass is 512 g/mol. The zero-order valence-electron chi connectivity index (χ0n) is 22.5. The first-order valence-electron chi connectivity index (χ1n) is 13.4. The maximum atomic E-state index is 11.7. The zero-order valence-corrected chi connectivity index (χ0v) is 22.5. The van der Waals surface area contributed by atoms with E-state index in [0.717, 1.165) is 47.8 Å². The Morgan fingerprint density at radius 2 is 1.82 bits per heavy atom. The summed E-state index contributed by atoms with van der Waals surface area (Å²) in [7, 11) is 1.41. The first-order valence-corrected chi connectivity index (χ1v) is 13.4. The van der Waals surface area contributed by atoms with Crippen LogP contribution in [0.5, 0.6) is 17.2 Å². The Balaban J connectivity index is 1.24. The Hall–Kier alpha value is -3.73. The van der Waals surface area contributed by atoms with Crippen molar-refractivity contribution in [1.82, 2.24) is 0 Å². The molecule has 0 saturated heterocycles. The van der Waals surface area contributed by atoms with E-state index in [4.69, 9.17) is 18.9 Å². The summed E-state index contributed by atoms with van der Waals surface area (Å²) >= 11 is 0. The number of hydrogen-bond acceptors (Lipinski definition) is 5. The average molecular weight is 513 g/mol. The summed E-state index contributed by atoms with van der Waals surface area (Å²) in [5.74, 6) is 2.88. The van der Waals surface area contributed by atoms with E-state index in [2.05, 4.69) is 62.4 Å². The average Bonchev–Trinajstić information content (AvgIpc) is 3.33. The normalized spacial score (nSPS) is 18.0. The highest BCUT2D eigenvalue weighted by molar-refractivity contribution is 5.72. The van der Waals surface area contributed by atoms with Crippen molar-refractivity contribution in [2.24, 2.45) is 5.92 Å². The van der Waals surface area contributed by atoms with Gasteiger partial charge in [0.25, 0.3) is 0 Å². The standard InChI is InChI=1S/C33H36O5/c1-22-14-29(37-19-24-8-5-4-6-9-24)15-23(2)33(22)26-11-7-10-25(16-26)20-36-28-12-13-30-27(17-32(34)35-3)21-38-31(30)18-28/h4-5,7,10-16,18,24,27H,6,8-9,17,19-21H2,1-3H3. The molecule has 0 N–H and O–H groups in total. The summed E-state index contributed by atoms with van der Waals surface area (Å²) in [5.41, 5.74) is 6.95. The molecule has 0 saturated carbocycles. The number of esters is 1. The predicted octanol–water partition coefficient (Wildman–Crippen LogP) is 7.32. The largest absolute Gasteiger partial charge is 0.493 e. The van der Waals surface area contributed by atoms with E-state index in [0.29, 0.717) is 25.6 Å². The third-order valence-electron chi connectivity index (χ3n) is 7.50. The molecule has 1 aliphatic heterocycles. The highest BCUT2D eigenvalue weighted by Gasteiger charge is 2.27. The Bertz CT molecular complexity index is 1300. The highest BCUT2D eigenvalue weighted by Crippen LogP contribution is 2.39. The van der Waals surface area contributed by atoms with Crippen LogP contribution in [-0.4, -0.2) is 26.3 Å². The van der Waals surface area contributed by atoms with Gasteiger partial charge in [-0.05, 0) is 91.1 Å². The molecule has 0 amide bonds. The molecular formula is C33H36O5. The van der Waals surface area contributed by atoms with E-state index in [-0.39, 0.29) is 11.9 Å². The molecule has 3 aromatic rings. The molecule has 2 atom stereocenters. The van der Waals surface area contributed by atoms with Gasteiger partial charge in [-0.2, -0.15) is 0 Å². The first kappa shape index (κ1) is 25.9. The molecule has 3 aromatic carbocycles. The van der Waals surface area contributed by atoms with E-state index >= 15 is 0 Å².